The number of benzene rings is 2. The standard InChI is InChI=1S/C19H17F4NO4S/c20-14-5-9-16(10-6-14)29(26,27)17-2-1-11-24(12-17)18(25)13-3-7-15(8-4-13)28-19(21,22)23/h3-10,17H,1-2,11-12H2/t17-/m0/s1. The van der Waals surface area contributed by atoms with Gasteiger partial charge in [-0.05, 0) is 61.4 Å². The van der Waals surface area contributed by atoms with E-state index in [0.29, 0.717) is 19.4 Å². The van der Waals surface area contributed by atoms with E-state index in [1.54, 1.807) is 0 Å². The number of ether oxygens (including phenoxy) is 1. The van der Waals surface area contributed by atoms with Crippen LogP contribution in [0.3, 0.4) is 0 Å². The largest absolute Gasteiger partial charge is 0.573 e. The molecular weight excluding hydrogens is 414 g/mol. The molecule has 1 saturated heterocycles. The summed E-state index contributed by atoms with van der Waals surface area (Å²) >= 11 is 0. The Kier molecular flexibility index (Phi) is 5.83. The highest BCUT2D eigenvalue weighted by Gasteiger charge is 2.34. The van der Waals surface area contributed by atoms with Gasteiger partial charge in [0, 0.05) is 18.7 Å². The molecule has 0 radical (unpaired) electrons. The van der Waals surface area contributed by atoms with E-state index in [9.17, 15) is 30.8 Å². The number of carbonyl (C=O) groups is 1. The van der Waals surface area contributed by atoms with Crippen LogP contribution in [0.2, 0.25) is 0 Å². The Morgan fingerprint density at radius 3 is 2.24 bits per heavy atom. The maximum Gasteiger partial charge on any atom is 0.573 e. The average molecular weight is 431 g/mol. The second kappa shape index (κ2) is 8.02. The number of amides is 1. The summed E-state index contributed by atoms with van der Waals surface area (Å²) in [5, 5.41) is -0.849. The summed E-state index contributed by atoms with van der Waals surface area (Å²) in [4.78, 5) is 14.0. The molecule has 0 unspecified atom stereocenters. The summed E-state index contributed by atoms with van der Waals surface area (Å²) in [6.45, 7) is 0.272. The van der Waals surface area contributed by atoms with Crippen LogP contribution < -0.4 is 4.74 Å². The minimum Gasteiger partial charge on any atom is -0.406 e. The van der Waals surface area contributed by atoms with Crippen molar-refractivity contribution in [3.05, 3.63) is 59.9 Å². The topological polar surface area (TPSA) is 63.7 Å². The molecule has 0 spiro atoms. The highest BCUT2D eigenvalue weighted by Crippen LogP contribution is 2.26. The third-order valence-corrected chi connectivity index (χ3v) is 6.77. The van der Waals surface area contributed by atoms with E-state index >= 15 is 0 Å². The molecule has 3 rings (SSSR count). The van der Waals surface area contributed by atoms with Gasteiger partial charge in [-0.3, -0.25) is 4.79 Å². The van der Waals surface area contributed by atoms with Crippen LogP contribution in [0, 0.1) is 5.82 Å². The predicted octanol–water partition coefficient (Wildman–Crippen LogP) is 3.80. The molecule has 0 aromatic heterocycles. The van der Waals surface area contributed by atoms with E-state index in [1.165, 1.54) is 29.2 Å². The molecule has 1 fully saturated rings. The molecule has 29 heavy (non-hydrogen) atoms. The van der Waals surface area contributed by atoms with Gasteiger partial charge in [-0.25, -0.2) is 12.8 Å². The number of likely N-dealkylation sites (tertiary alicyclic amines) is 1. The fourth-order valence-corrected chi connectivity index (χ4v) is 4.93. The molecule has 0 N–H and O–H groups in total. The van der Waals surface area contributed by atoms with Crippen LogP contribution in [-0.2, 0) is 9.84 Å². The molecule has 2 aromatic carbocycles. The van der Waals surface area contributed by atoms with Crippen molar-refractivity contribution in [1.29, 1.82) is 0 Å². The molecule has 0 saturated carbocycles. The zero-order chi connectivity index (χ0) is 21.2. The first-order valence-corrected chi connectivity index (χ1v) is 10.3. The quantitative estimate of drug-likeness (QED) is 0.546. The molecule has 2 aromatic rings. The minimum absolute atomic E-state index is 0.0214. The van der Waals surface area contributed by atoms with Crippen molar-refractivity contribution in [3.63, 3.8) is 0 Å². The van der Waals surface area contributed by atoms with Gasteiger partial charge in [-0.1, -0.05) is 0 Å². The third kappa shape index (κ3) is 5.06. The highest BCUT2D eigenvalue weighted by molar-refractivity contribution is 7.92. The highest BCUT2D eigenvalue weighted by atomic mass is 32.2. The number of carbonyl (C=O) groups excluding carboxylic acids is 1. The van der Waals surface area contributed by atoms with Crippen LogP contribution in [-0.4, -0.2) is 43.9 Å². The lowest BCUT2D eigenvalue weighted by Crippen LogP contribution is -2.45. The lowest BCUT2D eigenvalue weighted by atomic mass is 10.1. The molecule has 1 amide bonds. The molecule has 156 valence electrons. The van der Waals surface area contributed by atoms with E-state index in [2.05, 4.69) is 4.74 Å². The molecule has 0 bridgehead atoms. The second-order valence-corrected chi connectivity index (χ2v) is 8.81. The van der Waals surface area contributed by atoms with Crippen LogP contribution >= 0.6 is 0 Å². The smallest absolute Gasteiger partial charge is 0.406 e. The fourth-order valence-electron chi connectivity index (χ4n) is 3.17. The predicted molar refractivity (Wildman–Crippen MR) is 95.6 cm³/mol. The Hall–Kier alpha value is -2.62. The number of nitrogens with zero attached hydrogens (tertiary/aromatic N) is 1. The Morgan fingerprint density at radius 1 is 1.03 bits per heavy atom. The van der Waals surface area contributed by atoms with Crippen LogP contribution in [0.5, 0.6) is 5.75 Å². The molecule has 1 aliphatic rings. The Balaban J connectivity index is 1.73. The van der Waals surface area contributed by atoms with Gasteiger partial charge in [0.1, 0.15) is 11.6 Å². The molecular formula is C19H17F4NO4S. The summed E-state index contributed by atoms with van der Waals surface area (Å²) in [6.07, 6.45) is -4.03. The third-order valence-electron chi connectivity index (χ3n) is 4.58. The van der Waals surface area contributed by atoms with Crippen molar-refractivity contribution in [2.24, 2.45) is 0 Å². The zero-order valence-electron chi connectivity index (χ0n) is 15.0. The van der Waals surface area contributed by atoms with Gasteiger partial charge in [-0.2, -0.15) is 0 Å². The van der Waals surface area contributed by atoms with Gasteiger partial charge in [0.15, 0.2) is 9.84 Å². The maximum atomic E-state index is 13.1. The zero-order valence-corrected chi connectivity index (χ0v) is 15.8. The van der Waals surface area contributed by atoms with E-state index in [1.807, 2.05) is 0 Å². The van der Waals surface area contributed by atoms with Crippen molar-refractivity contribution in [3.8, 4) is 5.75 Å². The van der Waals surface area contributed by atoms with E-state index in [4.69, 9.17) is 0 Å². The van der Waals surface area contributed by atoms with Crippen molar-refractivity contribution < 1.29 is 35.5 Å². The number of piperidine rings is 1. The number of hydrogen-bond donors (Lipinski definition) is 0. The Labute approximate surface area is 164 Å². The summed E-state index contributed by atoms with van der Waals surface area (Å²) < 4.78 is 79.1. The van der Waals surface area contributed by atoms with Gasteiger partial charge in [0.25, 0.3) is 5.91 Å². The molecule has 10 heteroatoms. The van der Waals surface area contributed by atoms with Crippen molar-refractivity contribution in [2.75, 3.05) is 13.1 Å². The SMILES string of the molecule is O=C(c1ccc(OC(F)(F)F)cc1)N1CCC[C@H](S(=O)(=O)c2ccc(F)cc2)C1. The number of sulfone groups is 1. The van der Waals surface area contributed by atoms with Gasteiger partial charge in [0.05, 0.1) is 10.1 Å². The molecule has 1 aliphatic heterocycles. The molecule has 1 heterocycles. The molecule has 1 atom stereocenters. The fraction of sp³-hybridized carbons (Fsp3) is 0.316. The van der Waals surface area contributed by atoms with Crippen LogP contribution in [0.15, 0.2) is 53.4 Å². The summed E-state index contributed by atoms with van der Waals surface area (Å²) in [7, 11) is -3.76. The van der Waals surface area contributed by atoms with Crippen LogP contribution in [0.4, 0.5) is 17.6 Å². The van der Waals surface area contributed by atoms with Crippen LogP contribution in [0.1, 0.15) is 23.2 Å². The van der Waals surface area contributed by atoms with Gasteiger partial charge in [-0.15, -0.1) is 13.2 Å². The number of rotatable bonds is 4. The maximum absolute atomic E-state index is 13.1. The van der Waals surface area contributed by atoms with Crippen molar-refractivity contribution in [1.82, 2.24) is 4.90 Å². The average Bonchev–Trinajstić information content (AvgIpc) is 2.67. The van der Waals surface area contributed by atoms with E-state index in [-0.39, 0.29) is 17.0 Å². The monoisotopic (exact) mass is 431 g/mol. The number of hydrogen-bond acceptors (Lipinski definition) is 4. The van der Waals surface area contributed by atoms with Crippen molar-refractivity contribution in [2.45, 2.75) is 29.3 Å². The summed E-state index contributed by atoms with van der Waals surface area (Å²) in [6, 6.07) is 8.93. The van der Waals surface area contributed by atoms with Crippen LogP contribution in [0.25, 0.3) is 0 Å². The van der Waals surface area contributed by atoms with Gasteiger partial charge < -0.3 is 9.64 Å². The number of alkyl halides is 3. The second-order valence-electron chi connectivity index (χ2n) is 6.59. The Bertz CT molecular complexity index is 973. The summed E-state index contributed by atoms with van der Waals surface area (Å²) in [5.74, 6) is -1.49. The molecule has 0 aliphatic carbocycles. The molecule has 5 nitrogen and oxygen atoms in total. The lowest BCUT2D eigenvalue weighted by Gasteiger charge is -2.32. The van der Waals surface area contributed by atoms with E-state index < -0.39 is 38.9 Å². The first kappa shape index (κ1) is 21.1. The minimum atomic E-state index is -4.83. The van der Waals surface area contributed by atoms with E-state index in [0.717, 1.165) is 24.3 Å². The summed E-state index contributed by atoms with van der Waals surface area (Å²) in [5.41, 5.74) is 0.124. The first-order chi connectivity index (χ1) is 13.6. The normalized spacial score (nSPS) is 17.8. The van der Waals surface area contributed by atoms with Gasteiger partial charge in [0.2, 0.25) is 0 Å². The first-order valence-electron chi connectivity index (χ1n) is 8.71. The van der Waals surface area contributed by atoms with Crippen molar-refractivity contribution >= 4 is 15.7 Å². The number of halogens is 4. The Morgan fingerprint density at radius 2 is 1.66 bits per heavy atom. The van der Waals surface area contributed by atoms with Gasteiger partial charge >= 0.3 is 6.36 Å². The lowest BCUT2D eigenvalue weighted by molar-refractivity contribution is -0.274.